The van der Waals surface area contributed by atoms with Gasteiger partial charge in [0.2, 0.25) is 0 Å². The van der Waals surface area contributed by atoms with Crippen LogP contribution in [0.3, 0.4) is 0 Å². The van der Waals surface area contributed by atoms with Gasteiger partial charge in [0, 0.05) is 14.0 Å². The Morgan fingerprint density at radius 2 is 0.831 bits per heavy atom. The number of ether oxygens (including phenoxy) is 4. The average Bonchev–Trinajstić information content (AvgIpc) is 3.21. The summed E-state index contributed by atoms with van der Waals surface area (Å²) < 4.78 is 245. The zero-order valence-corrected chi connectivity index (χ0v) is 41.9. The zero-order chi connectivity index (χ0) is 55.5. The highest BCUT2D eigenvalue weighted by atomic mass is 32.3. The lowest BCUT2D eigenvalue weighted by Crippen LogP contribution is -2.57. The van der Waals surface area contributed by atoms with Crippen molar-refractivity contribution in [3.05, 3.63) is 70.8 Å². The van der Waals surface area contributed by atoms with E-state index in [9.17, 15) is 86.9 Å². The first-order valence-corrected chi connectivity index (χ1v) is 25.4. The van der Waals surface area contributed by atoms with Crippen molar-refractivity contribution >= 4 is 32.8 Å². The fourth-order valence-electron chi connectivity index (χ4n) is 6.62. The number of hydrogen-bond acceptors (Lipinski definition) is 10. The van der Waals surface area contributed by atoms with Gasteiger partial charge in [0.25, 0.3) is 0 Å². The Labute approximate surface area is 408 Å². The van der Waals surface area contributed by atoms with Gasteiger partial charge in [-0.3, -0.25) is 0 Å². The first kappa shape index (κ1) is 66.9. The lowest BCUT2D eigenvalue weighted by Gasteiger charge is -2.36. The third-order valence-corrected chi connectivity index (χ3v) is 12.6. The smallest absolute Gasteiger partial charge is 0.432 e. The molecule has 0 saturated heterocycles. The Balaban J connectivity index is -0.00000129. The second-order valence-electron chi connectivity index (χ2n) is 16.7. The van der Waals surface area contributed by atoms with Crippen LogP contribution < -0.4 is 0 Å². The molecule has 0 saturated carbocycles. The summed E-state index contributed by atoms with van der Waals surface area (Å²) in [6, 6.07) is 7.23. The minimum absolute atomic E-state index is 0. The summed E-state index contributed by atoms with van der Waals surface area (Å²) in [4.78, 5) is 23.2. The third kappa shape index (κ3) is 21.5. The first-order chi connectivity index (χ1) is 32.3. The molecule has 0 amide bonds. The van der Waals surface area contributed by atoms with Gasteiger partial charge in [-0.25, -0.2) is 9.59 Å². The summed E-state index contributed by atoms with van der Waals surface area (Å²) in [6.07, 6.45) is -21.3. The van der Waals surface area contributed by atoms with Crippen LogP contribution in [0.4, 0.5) is 70.0 Å². The van der Waals surface area contributed by atoms with Crippen LogP contribution in [0.5, 0.6) is 0 Å². The van der Waals surface area contributed by atoms with E-state index in [1.54, 1.807) is 13.8 Å². The van der Waals surface area contributed by atoms with Gasteiger partial charge in [-0.2, -0.15) is 69.5 Å². The van der Waals surface area contributed by atoms with E-state index >= 15 is 0 Å². The fourth-order valence-corrected chi connectivity index (χ4v) is 7.47. The molecule has 71 heavy (non-hydrogen) atoms. The first-order valence-electron chi connectivity index (χ1n) is 22.4. The Kier molecular flexibility index (Phi) is 26.7. The van der Waals surface area contributed by atoms with E-state index in [0.29, 0.717) is 61.1 Å². The number of carbonyl (C=O) groups excluding carboxylic acids is 2. The minimum atomic E-state index is -6.00. The maximum absolute atomic E-state index is 13.9. The fraction of sp³-hybridized carbons (Fsp3) is 0.689. The average molecular weight is 1100 g/mol. The van der Waals surface area contributed by atoms with Crippen molar-refractivity contribution in [2.45, 2.75) is 192 Å². The number of carbonyl (C=O) groups is 2. The van der Waals surface area contributed by atoms with Gasteiger partial charge in [-0.1, -0.05) is 121 Å². The quantitative estimate of drug-likeness (QED) is 0.0484. The summed E-state index contributed by atoms with van der Waals surface area (Å²) >= 11 is 0. The summed E-state index contributed by atoms with van der Waals surface area (Å²) in [6.45, 7) is 11.5. The number of unbranched alkanes of at least 4 members (excludes halogenated alkanes) is 7. The molecule has 2 rings (SSSR count). The van der Waals surface area contributed by atoms with E-state index in [1.165, 1.54) is 46.8 Å². The molecule has 0 aliphatic rings. The van der Waals surface area contributed by atoms with Gasteiger partial charge in [0.15, 0.2) is 0 Å². The number of halogens is 14. The predicted molar refractivity (Wildman–Crippen MR) is 239 cm³/mol. The van der Waals surface area contributed by atoms with E-state index in [0.717, 1.165) is 57.1 Å². The van der Waals surface area contributed by atoms with Crippen molar-refractivity contribution in [1.29, 1.82) is 0 Å². The highest BCUT2D eigenvalue weighted by Gasteiger charge is 2.77. The van der Waals surface area contributed by atoms with Crippen molar-refractivity contribution < 1.29 is 109 Å². The van der Waals surface area contributed by atoms with Crippen molar-refractivity contribution in [2.24, 2.45) is 0 Å². The maximum Gasteiger partial charge on any atom is 0.510 e. The SMILES string of the molecule is CCC(CCCCCCCCCCC(C)c1ccc(C(OC(=O)OC(C)C)(C(F)(F)F)C(F)(F)F)cc1)S(=O)(=O)F.CCS(=O)(=O)F.CCc1ccc(C(OC(=O)OC(C)C)(C(F)(F)F)C(F)(F)F)cc1.[HH].[HH]. The molecule has 0 fully saturated rings. The van der Waals surface area contributed by atoms with Crippen LogP contribution in [0.1, 0.15) is 157 Å². The molecule has 0 radical (unpaired) electrons. The lowest BCUT2D eigenvalue weighted by molar-refractivity contribution is -0.377. The molecular weight excluding hydrogens is 1030 g/mol. The minimum Gasteiger partial charge on any atom is -0.432 e. The van der Waals surface area contributed by atoms with Crippen LogP contribution in [-0.2, 0) is 57.0 Å². The van der Waals surface area contributed by atoms with E-state index in [4.69, 9.17) is 0 Å². The zero-order valence-electron chi connectivity index (χ0n) is 40.3. The Morgan fingerprint density at radius 1 is 0.521 bits per heavy atom. The van der Waals surface area contributed by atoms with Crippen LogP contribution in [0.25, 0.3) is 0 Å². The second-order valence-corrected chi connectivity index (χ2v) is 20.0. The summed E-state index contributed by atoms with van der Waals surface area (Å²) in [7, 11) is -8.65. The topological polar surface area (TPSA) is 139 Å². The van der Waals surface area contributed by atoms with Crippen molar-refractivity contribution in [2.75, 3.05) is 5.75 Å². The molecule has 0 N–H and O–H groups in total. The normalized spacial score (nSPS) is 13.9. The lowest BCUT2D eigenvalue weighted by atomic mass is 9.88. The molecule has 0 aliphatic carbocycles. The Bertz CT molecular complexity index is 2090. The molecule has 0 heterocycles. The molecule has 26 heteroatoms. The summed E-state index contributed by atoms with van der Waals surface area (Å²) in [5.41, 5.74) is -11.1. The van der Waals surface area contributed by atoms with E-state index < -0.39 is 103 Å². The van der Waals surface area contributed by atoms with E-state index in [2.05, 4.69) is 18.9 Å². The van der Waals surface area contributed by atoms with Crippen LogP contribution >= 0.6 is 0 Å². The standard InChI is InChI=1S/C28H41F7O5S.C15H16F6O3.C2H5FO2S.2H2/c1-5-24(41(35,37)38)15-13-11-9-7-6-8-10-12-14-21(4)22-16-18-23(19-17-22)26(27(29,30)31,28(32,33)34)40-25(36)39-20(2)3;1-4-10-5-7-11(8-6-10)13(14(16,17)18,15(19,20)21)24-12(22)23-9(2)3;1-2-6(3,4)5;;/h16-21,24H,5-15H2,1-4H3;5-9H,4H2,1-3H3;2H2,1H3;2*1H. The van der Waals surface area contributed by atoms with Crippen molar-refractivity contribution in [1.82, 2.24) is 0 Å². The number of benzene rings is 2. The number of rotatable bonds is 22. The molecule has 0 spiro atoms. The molecule has 2 aromatic rings. The van der Waals surface area contributed by atoms with Crippen LogP contribution in [0.2, 0.25) is 0 Å². The molecule has 2 aromatic carbocycles. The number of hydrogen-bond donors (Lipinski definition) is 0. The van der Waals surface area contributed by atoms with Crippen molar-refractivity contribution in [3.8, 4) is 0 Å². The van der Waals surface area contributed by atoms with E-state index in [1.807, 2.05) is 6.92 Å². The van der Waals surface area contributed by atoms with Crippen LogP contribution in [-0.4, -0.2) is 77.1 Å². The number of aryl methyl sites for hydroxylation is 1. The molecule has 0 aliphatic heterocycles. The van der Waals surface area contributed by atoms with E-state index in [-0.39, 0.29) is 15.2 Å². The Morgan fingerprint density at radius 3 is 1.10 bits per heavy atom. The molecule has 2 atom stereocenters. The molecule has 416 valence electrons. The van der Waals surface area contributed by atoms with Gasteiger partial charge in [-0.15, -0.1) is 7.77 Å². The highest BCUT2D eigenvalue weighted by molar-refractivity contribution is 7.87. The highest BCUT2D eigenvalue weighted by Crippen LogP contribution is 2.54. The van der Waals surface area contributed by atoms with Crippen LogP contribution in [0, 0.1) is 0 Å². The number of alkyl halides is 12. The summed E-state index contributed by atoms with van der Waals surface area (Å²) in [5, 5.41) is -0.931. The van der Waals surface area contributed by atoms with Gasteiger partial charge in [0.1, 0.15) is 0 Å². The molecule has 0 aromatic heterocycles. The molecule has 0 bridgehead atoms. The molecule has 2 unspecified atom stereocenters. The summed E-state index contributed by atoms with van der Waals surface area (Å²) in [5.74, 6) is -0.548. The van der Waals surface area contributed by atoms with Gasteiger partial charge < -0.3 is 18.9 Å². The monoisotopic (exact) mass is 1100 g/mol. The van der Waals surface area contributed by atoms with Crippen LogP contribution in [0.15, 0.2) is 48.5 Å². The maximum atomic E-state index is 13.9. The van der Waals surface area contributed by atoms with Gasteiger partial charge in [-0.05, 0) is 77.3 Å². The molecule has 10 nitrogen and oxygen atoms in total. The molecular formula is C45H66F14O10S2. The van der Waals surface area contributed by atoms with Gasteiger partial charge >= 0.3 is 68.7 Å². The third-order valence-electron chi connectivity index (χ3n) is 10.5. The Hall–Kier alpha value is -4.10. The van der Waals surface area contributed by atoms with Crippen molar-refractivity contribution in [3.63, 3.8) is 0 Å². The van der Waals surface area contributed by atoms with Gasteiger partial charge in [0.05, 0.1) is 23.2 Å². The predicted octanol–water partition coefficient (Wildman–Crippen LogP) is 15.6. The largest absolute Gasteiger partial charge is 0.510 e. The second kappa shape index (κ2) is 28.4.